The Morgan fingerprint density at radius 1 is 1.00 bits per heavy atom. The molecule has 62 valence electrons. The Morgan fingerprint density at radius 2 is 1.83 bits per heavy atom. The highest BCUT2D eigenvalue weighted by atomic mass is 14.7. The molecular formula is C11H13N. The highest BCUT2D eigenvalue weighted by molar-refractivity contribution is 6.00. The van der Waals surface area contributed by atoms with Crippen molar-refractivity contribution < 1.29 is 0 Å². The topological polar surface area (TPSA) is 12.4 Å². The number of benzene rings is 1. The minimum Gasteiger partial charge on any atom is -0.289 e. The van der Waals surface area contributed by atoms with Gasteiger partial charge >= 0.3 is 0 Å². The van der Waals surface area contributed by atoms with E-state index >= 15 is 0 Å². The Morgan fingerprint density at radius 3 is 2.50 bits per heavy atom. The second-order valence-electron chi connectivity index (χ2n) is 3.15. The van der Waals surface area contributed by atoms with E-state index in [1.165, 1.54) is 24.1 Å². The van der Waals surface area contributed by atoms with Crippen molar-refractivity contribution in [1.29, 1.82) is 0 Å². The molecule has 0 spiro atoms. The van der Waals surface area contributed by atoms with Crippen molar-refractivity contribution in [3.63, 3.8) is 0 Å². The third-order valence-electron chi connectivity index (χ3n) is 2.23. The highest BCUT2D eigenvalue weighted by Crippen LogP contribution is 2.12. The van der Waals surface area contributed by atoms with Crippen LogP contribution in [0, 0.1) is 0 Å². The Hall–Kier alpha value is -1.11. The van der Waals surface area contributed by atoms with E-state index < -0.39 is 0 Å². The van der Waals surface area contributed by atoms with Gasteiger partial charge in [-0.25, -0.2) is 0 Å². The summed E-state index contributed by atoms with van der Waals surface area (Å²) in [5, 5.41) is 0. The second kappa shape index (κ2) is 3.53. The van der Waals surface area contributed by atoms with E-state index in [0.29, 0.717) is 0 Å². The summed E-state index contributed by atoms with van der Waals surface area (Å²) in [6.07, 6.45) is 3.72. The van der Waals surface area contributed by atoms with Crippen molar-refractivity contribution >= 4 is 5.71 Å². The lowest BCUT2D eigenvalue weighted by Gasteiger charge is -2.11. The van der Waals surface area contributed by atoms with Crippen LogP contribution in [0.2, 0.25) is 0 Å². The lowest BCUT2D eigenvalue weighted by Crippen LogP contribution is -2.06. The molecule has 1 heterocycles. The molecule has 0 N–H and O–H groups in total. The van der Waals surface area contributed by atoms with Crippen LogP contribution in [0.3, 0.4) is 0 Å². The standard InChI is InChI=1S/C11H13N/c1-2-6-10(7-3-1)11-8-4-5-9-12-11/h1-3,6-7H,4-5,8-9H2. The maximum absolute atomic E-state index is 4.52. The number of rotatable bonds is 1. The van der Waals surface area contributed by atoms with E-state index in [-0.39, 0.29) is 0 Å². The molecule has 12 heavy (non-hydrogen) atoms. The first-order valence-electron chi connectivity index (χ1n) is 4.55. The number of hydrogen-bond acceptors (Lipinski definition) is 1. The van der Waals surface area contributed by atoms with E-state index in [0.717, 1.165) is 13.0 Å². The maximum atomic E-state index is 4.52. The molecule has 1 aliphatic heterocycles. The molecule has 0 aromatic heterocycles. The Bertz CT molecular complexity index is 274. The second-order valence-corrected chi connectivity index (χ2v) is 3.15. The van der Waals surface area contributed by atoms with E-state index in [2.05, 4.69) is 29.3 Å². The summed E-state index contributed by atoms with van der Waals surface area (Å²) >= 11 is 0. The Balaban J connectivity index is 2.24. The lowest BCUT2D eigenvalue weighted by molar-refractivity contribution is 0.738. The lowest BCUT2D eigenvalue weighted by atomic mass is 10.0. The molecule has 0 saturated carbocycles. The predicted octanol–water partition coefficient (Wildman–Crippen LogP) is 2.66. The smallest absolute Gasteiger partial charge is 0.0420 e. The van der Waals surface area contributed by atoms with Crippen molar-refractivity contribution in [2.75, 3.05) is 6.54 Å². The third-order valence-corrected chi connectivity index (χ3v) is 2.23. The minimum absolute atomic E-state index is 1.02. The monoisotopic (exact) mass is 159 g/mol. The Kier molecular flexibility index (Phi) is 2.21. The van der Waals surface area contributed by atoms with Crippen molar-refractivity contribution in [2.45, 2.75) is 19.3 Å². The van der Waals surface area contributed by atoms with Crippen molar-refractivity contribution in [1.82, 2.24) is 0 Å². The van der Waals surface area contributed by atoms with Crippen LogP contribution in [0.4, 0.5) is 0 Å². The third kappa shape index (κ3) is 1.55. The first-order valence-corrected chi connectivity index (χ1v) is 4.55. The molecular weight excluding hydrogens is 146 g/mol. The fraction of sp³-hybridized carbons (Fsp3) is 0.364. The van der Waals surface area contributed by atoms with Gasteiger partial charge in [-0.3, -0.25) is 4.99 Å². The summed E-state index contributed by atoms with van der Waals surface area (Å²) in [6.45, 7) is 1.02. The molecule has 1 aromatic rings. The van der Waals surface area contributed by atoms with Gasteiger partial charge < -0.3 is 0 Å². The molecule has 1 aliphatic rings. The molecule has 0 atom stereocenters. The van der Waals surface area contributed by atoms with Gasteiger partial charge in [0, 0.05) is 12.3 Å². The van der Waals surface area contributed by atoms with E-state index in [4.69, 9.17) is 0 Å². The maximum Gasteiger partial charge on any atom is 0.0420 e. The van der Waals surface area contributed by atoms with Gasteiger partial charge in [0.05, 0.1) is 0 Å². The summed E-state index contributed by atoms with van der Waals surface area (Å²) in [6, 6.07) is 10.5. The van der Waals surface area contributed by atoms with Gasteiger partial charge in [0.2, 0.25) is 0 Å². The predicted molar refractivity (Wildman–Crippen MR) is 51.7 cm³/mol. The molecule has 0 amide bonds. The summed E-state index contributed by atoms with van der Waals surface area (Å²) in [5.41, 5.74) is 2.60. The SMILES string of the molecule is c1ccc(C2=NCCCC2)cc1. The molecule has 2 rings (SSSR count). The number of nitrogens with zero attached hydrogens (tertiary/aromatic N) is 1. The van der Waals surface area contributed by atoms with Crippen molar-refractivity contribution in [2.24, 2.45) is 4.99 Å². The van der Waals surface area contributed by atoms with Gasteiger partial charge in [-0.05, 0) is 24.8 Å². The number of hydrogen-bond donors (Lipinski definition) is 0. The fourth-order valence-corrected chi connectivity index (χ4v) is 1.56. The van der Waals surface area contributed by atoms with Crippen LogP contribution < -0.4 is 0 Å². The summed E-state index contributed by atoms with van der Waals surface area (Å²) in [4.78, 5) is 4.52. The van der Waals surface area contributed by atoms with Crippen LogP contribution in [-0.2, 0) is 0 Å². The molecule has 0 saturated heterocycles. The summed E-state index contributed by atoms with van der Waals surface area (Å²) in [5.74, 6) is 0. The van der Waals surface area contributed by atoms with Gasteiger partial charge in [0.25, 0.3) is 0 Å². The molecule has 0 aliphatic carbocycles. The Labute approximate surface area is 73.1 Å². The van der Waals surface area contributed by atoms with Crippen molar-refractivity contribution in [3.05, 3.63) is 35.9 Å². The largest absolute Gasteiger partial charge is 0.289 e. The van der Waals surface area contributed by atoms with E-state index in [9.17, 15) is 0 Å². The van der Waals surface area contributed by atoms with E-state index in [1.54, 1.807) is 0 Å². The van der Waals surface area contributed by atoms with Gasteiger partial charge in [-0.2, -0.15) is 0 Å². The minimum atomic E-state index is 1.02. The molecule has 0 bridgehead atoms. The molecule has 1 heteroatoms. The van der Waals surface area contributed by atoms with E-state index in [1.807, 2.05) is 6.07 Å². The van der Waals surface area contributed by atoms with Crippen LogP contribution in [0.1, 0.15) is 24.8 Å². The molecule has 0 fully saturated rings. The molecule has 1 aromatic carbocycles. The molecule has 0 unspecified atom stereocenters. The average Bonchev–Trinajstić information content (AvgIpc) is 2.21. The molecule has 0 radical (unpaired) electrons. The van der Waals surface area contributed by atoms with Crippen LogP contribution in [-0.4, -0.2) is 12.3 Å². The van der Waals surface area contributed by atoms with Crippen LogP contribution in [0.25, 0.3) is 0 Å². The molecule has 1 nitrogen and oxygen atoms in total. The zero-order chi connectivity index (χ0) is 8.23. The van der Waals surface area contributed by atoms with Gasteiger partial charge in [0.15, 0.2) is 0 Å². The van der Waals surface area contributed by atoms with Gasteiger partial charge in [-0.15, -0.1) is 0 Å². The zero-order valence-electron chi connectivity index (χ0n) is 7.16. The van der Waals surface area contributed by atoms with Gasteiger partial charge in [-0.1, -0.05) is 30.3 Å². The number of aliphatic imine (C=N–C) groups is 1. The van der Waals surface area contributed by atoms with Crippen molar-refractivity contribution in [3.8, 4) is 0 Å². The zero-order valence-corrected chi connectivity index (χ0v) is 7.16. The first kappa shape index (κ1) is 7.53. The summed E-state index contributed by atoms with van der Waals surface area (Å²) < 4.78 is 0. The average molecular weight is 159 g/mol. The van der Waals surface area contributed by atoms with Crippen LogP contribution in [0.5, 0.6) is 0 Å². The quantitative estimate of drug-likeness (QED) is 0.597. The highest BCUT2D eigenvalue weighted by Gasteiger charge is 2.05. The van der Waals surface area contributed by atoms with Crippen LogP contribution >= 0.6 is 0 Å². The normalized spacial score (nSPS) is 17.2. The van der Waals surface area contributed by atoms with Gasteiger partial charge in [0.1, 0.15) is 0 Å². The fourth-order valence-electron chi connectivity index (χ4n) is 1.56. The first-order chi connectivity index (χ1) is 5.97. The van der Waals surface area contributed by atoms with Crippen LogP contribution in [0.15, 0.2) is 35.3 Å². The summed E-state index contributed by atoms with van der Waals surface area (Å²) in [7, 11) is 0.